The number of hydrogen-bond acceptors (Lipinski definition) is 3. The van der Waals surface area contributed by atoms with Gasteiger partial charge in [0.25, 0.3) is 0 Å². The molecule has 0 aromatic heterocycles. The molecule has 0 radical (unpaired) electrons. The third kappa shape index (κ3) is 2.67. The van der Waals surface area contributed by atoms with Crippen LogP contribution in [0.2, 0.25) is 0 Å². The Bertz CT molecular complexity index is 167. The van der Waals surface area contributed by atoms with Crippen LogP contribution in [-0.4, -0.2) is 37.3 Å². The molecule has 0 bridgehead atoms. The van der Waals surface area contributed by atoms with Crippen LogP contribution in [0.1, 0.15) is 19.3 Å². The molecular weight excluding hydrogens is 168 g/mol. The molecule has 1 aliphatic heterocycles. The van der Waals surface area contributed by atoms with Crippen molar-refractivity contribution >= 4 is 5.91 Å². The first kappa shape index (κ1) is 10.5. The predicted molar refractivity (Wildman–Crippen MR) is 50.3 cm³/mol. The molecule has 1 fully saturated rings. The van der Waals surface area contributed by atoms with Gasteiger partial charge in [0, 0.05) is 13.1 Å². The Morgan fingerprint density at radius 2 is 2.46 bits per heavy atom. The zero-order valence-corrected chi connectivity index (χ0v) is 8.05. The first-order valence-electron chi connectivity index (χ1n) is 4.85. The van der Waals surface area contributed by atoms with E-state index in [1.807, 2.05) is 0 Å². The van der Waals surface area contributed by atoms with Crippen LogP contribution in [0.4, 0.5) is 0 Å². The summed E-state index contributed by atoms with van der Waals surface area (Å²) >= 11 is 0. The Morgan fingerprint density at radius 1 is 1.69 bits per heavy atom. The zero-order valence-electron chi connectivity index (χ0n) is 8.05. The van der Waals surface area contributed by atoms with Gasteiger partial charge in [-0.2, -0.15) is 0 Å². The van der Waals surface area contributed by atoms with Crippen LogP contribution >= 0.6 is 0 Å². The van der Waals surface area contributed by atoms with Gasteiger partial charge in [-0.1, -0.05) is 6.42 Å². The molecule has 2 unspecified atom stereocenters. The molecule has 1 rings (SSSR count). The van der Waals surface area contributed by atoms with Gasteiger partial charge in [-0.05, 0) is 19.4 Å². The zero-order chi connectivity index (χ0) is 9.68. The van der Waals surface area contributed by atoms with Crippen molar-refractivity contribution in [3.63, 3.8) is 0 Å². The van der Waals surface area contributed by atoms with E-state index in [9.17, 15) is 4.79 Å². The van der Waals surface area contributed by atoms with Gasteiger partial charge in [0.15, 0.2) is 0 Å². The van der Waals surface area contributed by atoms with E-state index in [0.717, 1.165) is 19.4 Å². The summed E-state index contributed by atoms with van der Waals surface area (Å²) in [6.45, 7) is 0.884. The van der Waals surface area contributed by atoms with Gasteiger partial charge in [-0.25, -0.2) is 0 Å². The molecule has 4 heteroatoms. The fourth-order valence-electron chi connectivity index (χ4n) is 1.80. The Balaban J connectivity index is 2.48. The van der Waals surface area contributed by atoms with Crippen molar-refractivity contribution in [2.24, 2.45) is 5.92 Å². The quantitative estimate of drug-likeness (QED) is 0.556. The van der Waals surface area contributed by atoms with E-state index in [0.29, 0.717) is 0 Å². The predicted octanol–water partition coefficient (Wildman–Crippen LogP) is -0.517. The molecule has 0 saturated carbocycles. The number of carbonyl (C=O) groups excluding carboxylic acids is 1. The van der Waals surface area contributed by atoms with Gasteiger partial charge in [-0.3, -0.25) is 4.79 Å². The summed E-state index contributed by atoms with van der Waals surface area (Å²) in [6.07, 6.45) is 3.30. The normalized spacial score (nSPS) is 25.2. The van der Waals surface area contributed by atoms with Gasteiger partial charge in [-0.15, -0.1) is 0 Å². The molecule has 3 N–H and O–H groups in total. The molecule has 2 atom stereocenters. The minimum Gasteiger partial charge on any atom is -0.395 e. The van der Waals surface area contributed by atoms with E-state index in [1.54, 1.807) is 7.05 Å². The summed E-state index contributed by atoms with van der Waals surface area (Å²) in [5.74, 6) is -0.354. The van der Waals surface area contributed by atoms with Crippen LogP contribution in [0.25, 0.3) is 0 Å². The maximum absolute atomic E-state index is 11.3. The van der Waals surface area contributed by atoms with E-state index < -0.39 is 0 Å². The van der Waals surface area contributed by atoms with Gasteiger partial charge < -0.3 is 15.7 Å². The number of aliphatic hydroxyl groups excluding tert-OH is 1. The van der Waals surface area contributed by atoms with Crippen molar-refractivity contribution in [1.82, 2.24) is 10.6 Å². The fraction of sp³-hybridized carbons (Fsp3) is 0.889. The maximum Gasteiger partial charge on any atom is 0.226 e. The van der Waals surface area contributed by atoms with Crippen molar-refractivity contribution in [1.29, 1.82) is 0 Å². The van der Waals surface area contributed by atoms with Crippen molar-refractivity contribution in [3.05, 3.63) is 0 Å². The number of aliphatic hydroxyl groups is 1. The Labute approximate surface area is 78.7 Å². The number of amides is 1. The lowest BCUT2D eigenvalue weighted by molar-refractivity contribution is -0.127. The molecule has 1 aliphatic rings. The average Bonchev–Trinajstić information content (AvgIpc) is 2.20. The summed E-state index contributed by atoms with van der Waals surface area (Å²) in [7, 11) is 1.60. The second-order valence-electron chi connectivity index (χ2n) is 3.46. The minimum absolute atomic E-state index is 0.0677. The molecule has 13 heavy (non-hydrogen) atoms. The maximum atomic E-state index is 11.3. The molecule has 76 valence electrons. The number of nitrogens with one attached hydrogen (secondary N) is 2. The van der Waals surface area contributed by atoms with Crippen LogP contribution < -0.4 is 10.6 Å². The van der Waals surface area contributed by atoms with Crippen molar-refractivity contribution < 1.29 is 9.90 Å². The summed E-state index contributed by atoms with van der Waals surface area (Å²) < 4.78 is 0. The van der Waals surface area contributed by atoms with Crippen LogP contribution in [0.15, 0.2) is 0 Å². The highest BCUT2D eigenvalue weighted by Gasteiger charge is 2.27. The van der Waals surface area contributed by atoms with E-state index in [1.165, 1.54) is 6.42 Å². The van der Waals surface area contributed by atoms with E-state index >= 15 is 0 Å². The van der Waals surface area contributed by atoms with Crippen LogP contribution in [0.3, 0.4) is 0 Å². The molecule has 0 aromatic carbocycles. The number of rotatable bonds is 3. The molecule has 1 amide bonds. The molecule has 0 spiro atoms. The van der Waals surface area contributed by atoms with Gasteiger partial charge in [0.2, 0.25) is 5.91 Å². The second kappa shape index (κ2) is 5.19. The standard InChI is InChI=1S/C9H18N2O2/c1-10-9(13)7(6-12)8-4-2-3-5-11-8/h7-8,11-12H,2-6H2,1H3,(H,10,13). The molecular formula is C9H18N2O2. The molecule has 1 heterocycles. The van der Waals surface area contributed by atoms with Crippen LogP contribution in [-0.2, 0) is 4.79 Å². The van der Waals surface area contributed by atoms with Gasteiger partial charge in [0.05, 0.1) is 12.5 Å². The third-order valence-corrected chi connectivity index (χ3v) is 2.61. The highest BCUT2D eigenvalue weighted by Crippen LogP contribution is 2.15. The first-order chi connectivity index (χ1) is 6.29. The van der Waals surface area contributed by atoms with Crippen molar-refractivity contribution in [2.45, 2.75) is 25.3 Å². The highest BCUT2D eigenvalue weighted by molar-refractivity contribution is 5.79. The lowest BCUT2D eigenvalue weighted by Crippen LogP contribution is -2.47. The molecule has 0 aromatic rings. The fourth-order valence-corrected chi connectivity index (χ4v) is 1.80. The highest BCUT2D eigenvalue weighted by atomic mass is 16.3. The largest absolute Gasteiger partial charge is 0.395 e. The summed E-state index contributed by atoms with van der Waals surface area (Å²) in [6, 6.07) is 0.152. The van der Waals surface area contributed by atoms with Crippen LogP contribution in [0.5, 0.6) is 0 Å². The Morgan fingerprint density at radius 3 is 2.92 bits per heavy atom. The van der Waals surface area contributed by atoms with Crippen LogP contribution in [0, 0.1) is 5.92 Å². The average molecular weight is 186 g/mol. The minimum atomic E-state index is -0.287. The monoisotopic (exact) mass is 186 g/mol. The Hall–Kier alpha value is -0.610. The summed E-state index contributed by atoms with van der Waals surface area (Å²) in [5, 5.41) is 14.9. The lowest BCUT2D eigenvalue weighted by atomic mass is 9.92. The first-order valence-corrected chi connectivity index (χ1v) is 4.85. The number of carbonyl (C=O) groups is 1. The lowest BCUT2D eigenvalue weighted by Gasteiger charge is -2.28. The summed E-state index contributed by atoms with van der Waals surface area (Å²) in [4.78, 5) is 11.3. The van der Waals surface area contributed by atoms with E-state index in [-0.39, 0.29) is 24.5 Å². The summed E-state index contributed by atoms with van der Waals surface area (Å²) in [5.41, 5.74) is 0. The van der Waals surface area contributed by atoms with Crippen molar-refractivity contribution in [2.75, 3.05) is 20.2 Å². The smallest absolute Gasteiger partial charge is 0.226 e. The molecule has 0 aliphatic carbocycles. The van der Waals surface area contributed by atoms with E-state index in [4.69, 9.17) is 5.11 Å². The third-order valence-electron chi connectivity index (χ3n) is 2.61. The van der Waals surface area contributed by atoms with Gasteiger partial charge in [0.1, 0.15) is 0 Å². The number of hydrogen-bond donors (Lipinski definition) is 3. The van der Waals surface area contributed by atoms with Gasteiger partial charge >= 0.3 is 0 Å². The second-order valence-corrected chi connectivity index (χ2v) is 3.46. The number of piperidine rings is 1. The van der Waals surface area contributed by atoms with Crippen molar-refractivity contribution in [3.8, 4) is 0 Å². The SMILES string of the molecule is CNC(=O)C(CO)C1CCCCN1. The molecule has 4 nitrogen and oxygen atoms in total. The van der Waals surface area contributed by atoms with E-state index in [2.05, 4.69) is 10.6 Å². The topological polar surface area (TPSA) is 61.4 Å². The molecule has 1 saturated heterocycles. The Kier molecular flexibility index (Phi) is 4.18.